The van der Waals surface area contributed by atoms with E-state index in [0.29, 0.717) is 42.8 Å². The Morgan fingerprint density at radius 3 is 1.55 bits per heavy atom. The Bertz CT molecular complexity index is 2560. The molecule has 0 spiro atoms. The predicted molar refractivity (Wildman–Crippen MR) is 269 cm³/mol. The molecule has 67 heavy (non-hydrogen) atoms. The van der Waals surface area contributed by atoms with Gasteiger partial charge in [0.2, 0.25) is 23.0 Å². The molecule has 4 heterocycles. The minimum atomic E-state index is -0.603. The van der Waals surface area contributed by atoms with Gasteiger partial charge in [0.05, 0.1) is 28.9 Å². The number of nitrogens with one attached hydrogen (secondary N) is 5. The zero-order valence-corrected chi connectivity index (χ0v) is 40.6. The van der Waals surface area contributed by atoms with Crippen molar-refractivity contribution in [1.82, 2.24) is 40.8 Å². The number of nitrogens with zero attached hydrogens (tertiary/aromatic N) is 5. The van der Waals surface area contributed by atoms with Crippen LogP contribution in [0.2, 0.25) is 0 Å². The summed E-state index contributed by atoms with van der Waals surface area (Å²) in [6.45, 7) is 15.1. The summed E-state index contributed by atoms with van der Waals surface area (Å²) in [5, 5.41) is 16.0. The molecule has 16 nitrogen and oxygen atoms in total. The van der Waals surface area contributed by atoms with Crippen LogP contribution in [0.4, 0.5) is 21.9 Å². The van der Waals surface area contributed by atoms with E-state index in [2.05, 4.69) is 71.8 Å². The number of halogens is 1. The molecule has 3 amide bonds. The molecule has 6 aromatic rings. The lowest BCUT2D eigenvalue weighted by molar-refractivity contribution is -0.135. The molecule has 0 unspecified atom stereocenters. The van der Waals surface area contributed by atoms with E-state index < -0.39 is 11.3 Å². The maximum Gasteiger partial charge on any atom is 0.246 e. The summed E-state index contributed by atoms with van der Waals surface area (Å²) in [5.74, 6) is 1.99. The summed E-state index contributed by atoms with van der Waals surface area (Å²) >= 11 is 7.81. The first-order valence-electron chi connectivity index (χ1n) is 20.9. The summed E-state index contributed by atoms with van der Waals surface area (Å²) in [4.78, 5) is 66.4. The Balaban J connectivity index is 0.000000267. The van der Waals surface area contributed by atoms with Crippen LogP contribution in [-0.2, 0) is 19.2 Å². The van der Waals surface area contributed by atoms with Gasteiger partial charge in [0, 0.05) is 55.1 Å². The van der Waals surface area contributed by atoms with Gasteiger partial charge in [-0.15, -0.1) is 0 Å². The number of pyridine rings is 2. The quantitative estimate of drug-likeness (QED) is 0.0280. The Hall–Kier alpha value is -6.99. The topological polar surface area (TPSA) is 202 Å². The molecule has 352 valence electrons. The maximum atomic E-state index is 12.2. The molecule has 0 saturated heterocycles. The number of carbonyl (C=O) groups excluding carboxylic acids is 4. The molecule has 0 bridgehead atoms. The molecule has 0 fully saturated rings. The van der Waals surface area contributed by atoms with E-state index in [-0.39, 0.29) is 30.4 Å². The van der Waals surface area contributed by atoms with Crippen LogP contribution in [-0.4, -0.2) is 100 Å². The smallest absolute Gasteiger partial charge is 0.246 e. The number of benzene rings is 2. The Morgan fingerprint density at radius 2 is 1.15 bits per heavy atom. The summed E-state index contributed by atoms with van der Waals surface area (Å²) in [7, 11) is 3.31. The average molecular weight is 968 g/mol. The summed E-state index contributed by atoms with van der Waals surface area (Å²) in [6, 6.07) is 26.7. The zero-order chi connectivity index (χ0) is 48.7. The number of amides is 3. The molecule has 0 radical (unpaired) electrons. The van der Waals surface area contributed by atoms with Gasteiger partial charge in [-0.2, -0.15) is 0 Å². The first-order valence-corrected chi connectivity index (χ1v) is 22.9. The van der Waals surface area contributed by atoms with E-state index in [1.165, 1.54) is 11.0 Å². The lowest BCUT2D eigenvalue weighted by Gasteiger charge is -2.22. The van der Waals surface area contributed by atoms with Gasteiger partial charge in [-0.25, -0.2) is 19.9 Å². The molecule has 0 saturated carbocycles. The zero-order valence-electron chi connectivity index (χ0n) is 38.2. The molecule has 0 aliphatic carbocycles. The number of carbonyl (C=O) groups is 4. The number of aromatic nitrogens is 4. The second-order valence-corrected chi connectivity index (χ2v) is 16.8. The molecule has 6 rings (SSSR count). The van der Waals surface area contributed by atoms with Gasteiger partial charge in [0.1, 0.15) is 42.4 Å². The van der Waals surface area contributed by atoms with Crippen LogP contribution in [0.15, 0.2) is 123 Å². The summed E-state index contributed by atoms with van der Waals surface area (Å²) in [5.41, 5.74) is 3.87. The van der Waals surface area contributed by atoms with Crippen LogP contribution in [0.5, 0.6) is 11.5 Å². The molecule has 4 aromatic heterocycles. The maximum absolute atomic E-state index is 12.2. The number of allylic oxidation sites excluding steroid dienone is 1. The largest absolute Gasteiger partial charge is 0.492 e. The molecule has 2 aromatic carbocycles. The van der Waals surface area contributed by atoms with Gasteiger partial charge in [0.15, 0.2) is 10.3 Å². The average Bonchev–Trinajstić information content (AvgIpc) is 4.01. The van der Waals surface area contributed by atoms with Gasteiger partial charge >= 0.3 is 0 Å². The van der Waals surface area contributed by atoms with Crippen molar-refractivity contribution >= 4 is 79.1 Å². The number of hydrogen-bond acceptors (Lipinski definition) is 15. The number of rotatable bonds is 20. The number of hydrogen-bond donors (Lipinski definition) is 5. The highest BCUT2D eigenvalue weighted by molar-refractivity contribution is 7.19. The monoisotopic (exact) mass is 966 g/mol. The van der Waals surface area contributed by atoms with E-state index in [1.807, 2.05) is 99.9 Å². The van der Waals surface area contributed by atoms with Gasteiger partial charge < -0.3 is 41.0 Å². The predicted octanol–water partition coefficient (Wildman–Crippen LogP) is 8.08. The molecule has 2 atom stereocenters. The van der Waals surface area contributed by atoms with Crippen molar-refractivity contribution < 1.29 is 28.7 Å². The molecular formula is C48H55ClN10O6S2. The van der Waals surface area contributed by atoms with Gasteiger partial charge in [-0.05, 0) is 69.6 Å². The normalized spacial score (nSPS) is 11.1. The van der Waals surface area contributed by atoms with Gasteiger partial charge in [-0.1, -0.05) is 96.5 Å². The van der Waals surface area contributed by atoms with Crippen LogP contribution in [0, 0.1) is 13.8 Å². The standard InChI is InChI=1S/C24H27N5O3S.C21H25N5O2S.C3H3ClO/c1-5-22(30)29(4)17(3)23(31)25-11-12-32-19-13-16(2)27-21(14-19)28-24-26-15-20(33-24)18-9-7-6-8-10-18;1-14-11-17(28-10-9-23-20(27)15(2)22-3)12-19(25-14)26-21-24-13-18(29-21)16-7-5-4-6-8-16;1-2-3(4)5/h5-10,13-15,17H,1,11-12H2,2-4H3,(H,25,31)(H,26,27,28);4-8,11-13,15,22H,9-10H2,1-3H3,(H,23,27)(H,24,25,26);2H,1H2/t17-;15-;/m00./s1. The van der Waals surface area contributed by atoms with Gasteiger partial charge in [-0.3, -0.25) is 19.2 Å². The first kappa shape index (κ1) is 52.6. The number of aryl methyl sites for hydroxylation is 2. The van der Waals surface area contributed by atoms with Crippen molar-refractivity contribution in [3.8, 4) is 32.4 Å². The van der Waals surface area contributed by atoms with Crippen LogP contribution < -0.4 is 36.1 Å². The Kier molecular flexibility index (Phi) is 21.6. The highest BCUT2D eigenvalue weighted by atomic mass is 35.5. The minimum absolute atomic E-state index is 0.0534. The minimum Gasteiger partial charge on any atom is -0.492 e. The fourth-order valence-corrected chi connectivity index (χ4v) is 7.21. The molecule has 0 aliphatic heterocycles. The third-order valence-corrected chi connectivity index (χ3v) is 11.3. The van der Waals surface area contributed by atoms with E-state index in [0.717, 1.165) is 48.6 Å². The fourth-order valence-electron chi connectivity index (χ4n) is 5.55. The molecule has 0 aliphatic rings. The van der Waals surface area contributed by atoms with Crippen molar-refractivity contribution in [3.63, 3.8) is 0 Å². The second-order valence-electron chi connectivity index (χ2n) is 14.3. The third-order valence-electron chi connectivity index (χ3n) is 9.26. The van der Waals surface area contributed by atoms with Crippen LogP contribution in [0.25, 0.3) is 20.9 Å². The van der Waals surface area contributed by atoms with Crippen LogP contribution in [0.1, 0.15) is 25.2 Å². The second kappa shape index (κ2) is 27.5. The van der Waals surface area contributed by atoms with Crippen molar-refractivity contribution in [2.75, 3.05) is 51.0 Å². The van der Waals surface area contributed by atoms with Crippen molar-refractivity contribution in [3.05, 3.63) is 134 Å². The Labute approximate surface area is 403 Å². The van der Waals surface area contributed by atoms with Gasteiger partial charge in [0.25, 0.3) is 0 Å². The van der Waals surface area contributed by atoms with E-state index in [4.69, 9.17) is 21.1 Å². The number of anilines is 4. The highest BCUT2D eigenvalue weighted by Crippen LogP contribution is 2.32. The fraction of sp³-hybridized carbons (Fsp3) is 0.250. The van der Waals surface area contributed by atoms with Crippen LogP contribution >= 0.6 is 34.3 Å². The molecular weight excluding hydrogens is 912 g/mol. The van der Waals surface area contributed by atoms with Crippen LogP contribution in [0.3, 0.4) is 0 Å². The van der Waals surface area contributed by atoms with E-state index in [1.54, 1.807) is 49.8 Å². The van der Waals surface area contributed by atoms with E-state index in [9.17, 15) is 19.2 Å². The van der Waals surface area contributed by atoms with Crippen molar-refractivity contribution in [1.29, 1.82) is 0 Å². The third kappa shape index (κ3) is 18.1. The molecule has 19 heteroatoms. The first-order chi connectivity index (χ1) is 32.2. The SMILES string of the molecule is C=CC(=O)Cl.C=CC(=O)N(C)[C@@H](C)C(=O)NCCOc1cc(C)nc(Nc2ncc(-c3ccccc3)s2)c1.CN[C@@H](C)C(=O)NCCOc1cc(C)nc(Nc2ncc(-c3ccccc3)s2)c1. The number of thiazole rings is 2. The lowest BCUT2D eigenvalue weighted by atomic mass is 10.2. The Morgan fingerprint density at radius 1 is 0.716 bits per heavy atom. The number of ether oxygens (including phenoxy) is 2. The van der Waals surface area contributed by atoms with Crippen molar-refractivity contribution in [2.45, 2.75) is 39.8 Å². The highest BCUT2D eigenvalue weighted by Gasteiger charge is 2.20. The lowest BCUT2D eigenvalue weighted by Crippen LogP contribution is -2.46. The summed E-state index contributed by atoms with van der Waals surface area (Å²) < 4.78 is 11.6. The number of likely N-dealkylation sites (N-methyl/N-ethyl adjacent to an activating group) is 2. The van der Waals surface area contributed by atoms with E-state index >= 15 is 0 Å². The molecule has 5 N–H and O–H groups in total. The van der Waals surface area contributed by atoms with Crippen molar-refractivity contribution in [2.24, 2.45) is 0 Å². The summed E-state index contributed by atoms with van der Waals surface area (Å²) in [6.07, 6.45) is 5.91.